The van der Waals surface area contributed by atoms with Crippen LogP contribution >= 0.6 is 0 Å². The van der Waals surface area contributed by atoms with E-state index < -0.39 is 0 Å². The van der Waals surface area contributed by atoms with E-state index in [0.717, 1.165) is 24.8 Å². The van der Waals surface area contributed by atoms with Gasteiger partial charge >= 0.3 is 0 Å². The number of anilines is 1. The molecule has 2 N–H and O–H groups in total. The Bertz CT molecular complexity index is 736. The van der Waals surface area contributed by atoms with Crippen molar-refractivity contribution in [3.05, 3.63) is 54.0 Å². The Morgan fingerprint density at radius 2 is 2.00 bits per heavy atom. The van der Waals surface area contributed by atoms with Crippen molar-refractivity contribution in [1.29, 1.82) is 0 Å². The molecule has 132 valence electrons. The number of hydrogen-bond donors (Lipinski definition) is 2. The van der Waals surface area contributed by atoms with Crippen molar-refractivity contribution in [3.63, 3.8) is 0 Å². The molecule has 2 aromatic rings. The molecular formula is C19H23N3O3. The van der Waals surface area contributed by atoms with Crippen LogP contribution in [0.5, 0.6) is 0 Å². The Kier molecular flexibility index (Phi) is 6.95. The molecule has 0 unspecified atom stereocenters. The van der Waals surface area contributed by atoms with E-state index in [1.165, 1.54) is 6.26 Å². The minimum absolute atomic E-state index is 0.0879. The van der Waals surface area contributed by atoms with Gasteiger partial charge in [0.05, 0.1) is 12.0 Å². The van der Waals surface area contributed by atoms with Crippen molar-refractivity contribution >= 4 is 23.2 Å². The van der Waals surface area contributed by atoms with E-state index in [1.807, 2.05) is 12.1 Å². The number of benzene rings is 1. The van der Waals surface area contributed by atoms with Gasteiger partial charge in [0, 0.05) is 12.1 Å². The zero-order valence-electron chi connectivity index (χ0n) is 14.5. The van der Waals surface area contributed by atoms with Crippen molar-refractivity contribution in [2.75, 3.05) is 5.32 Å². The van der Waals surface area contributed by atoms with Crippen LogP contribution in [0.2, 0.25) is 0 Å². The summed E-state index contributed by atoms with van der Waals surface area (Å²) < 4.78 is 5.07. The van der Waals surface area contributed by atoms with Crippen LogP contribution in [0.15, 0.2) is 52.2 Å². The van der Waals surface area contributed by atoms with Gasteiger partial charge in [-0.1, -0.05) is 31.9 Å². The number of rotatable bonds is 8. The number of hydrogen-bond acceptors (Lipinski definition) is 4. The van der Waals surface area contributed by atoms with Gasteiger partial charge in [0.15, 0.2) is 5.76 Å². The number of carbonyl (C=O) groups excluding carboxylic acids is 2. The molecule has 6 heteroatoms. The second-order valence-corrected chi connectivity index (χ2v) is 5.70. The van der Waals surface area contributed by atoms with Gasteiger partial charge in [0.1, 0.15) is 0 Å². The largest absolute Gasteiger partial charge is 0.459 e. The first-order chi connectivity index (χ1) is 12.1. The SMILES string of the molecule is CCCCCC(=O)N/N=C(\C)c1cccc(NC(=O)c2ccco2)c1. The summed E-state index contributed by atoms with van der Waals surface area (Å²) >= 11 is 0. The quantitative estimate of drug-likeness (QED) is 0.433. The first-order valence-electron chi connectivity index (χ1n) is 8.38. The van der Waals surface area contributed by atoms with Crippen LogP contribution in [0.3, 0.4) is 0 Å². The molecule has 0 aliphatic heterocycles. The van der Waals surface area contributed by atoms with Crippen LogP contribution in [0, 0.1) is 0 Å². The first-order valence-corrected chi connectivity index (χ1v) is 8.38. The molecule has 2 amide bonds. The predicted octanol–water partition coefficient (Wildman–Crippen LogP) is 3.95. The Balaban J connectivity index is 1.96. The summed E-state index contributed by atoms with van der Waals surface area (Å²) in [6.45, 7) is 3.90. The molecule has 0 aliphatic carbocycles. The third kappa shape index (κ3) is 5.91. The number of furan rings is 1. The molecule has 0 saturated heterocycles. The molecule has 0 spiro atoms. The topological polar surface area (TPSA) is 83.7 Å². The lowest BCUT2D eigenvalue weighted by atomic mass is 10.1. The van der Waals surface area contributed by atoms with E-state index in [4.69, 9.17) is 4.42 Å². The Labute approximate surface area is 147 Å². The van der Waals surface area contributed by atoms with E-state index in [0.29, 0.717) is 17.8 Å². The number of amides is 2. The monoisotopic (exact) mass is 341 g/mol. The zero-order chi connectivity index (χ0) is 18.1. The van der Waals surface area contributed by atoms with Crippen molar-refractivity contribution < 1.29 is 14.0 Å². The Morgan fingerprint density at radius 3 is 2.72 bits per heavy atom. The number of carbonyl (C=O) groups is 2. The normalized spacial score (nSPS) is 11.2. The second-order valence-electron chi connectivity index (χ2n) is 5.70. The van der Waals surface area contributed by atoms with E-state index in [1.54, 1.807) is 31.2 Å². The predicted molar refractivity (Wildman–Crippen MR) is 97.6 cm³/mol. The maximum Gasteiger partial charge on any atom is 0.291 e. The highest BCUT2D eigenvalue weighted by atomic mass is 16.3. The zero-order valence-corrected chi connectivity index (χ0v) is 14.5. The third-order valence-corrected chi connectivity index (χ3v) is 3.64. The van der Waals surface area contributed by atoms with E-state index >= 15 is 0 Å². The van der Waals surface area contributed by atoms with Gasteiger partial charge in [0.2, 0.25) is 5.91 Å². The van der Waals surface area contributed by atoms with Crippen molar-refractivity contribution in [3.8, 4) is 0 Å². The second kappa shape index (κ2) is 9.42. The lowest BCUT2D eigenvalue weighted by Gasteiger charge is -2.07. The van der Waals surface area contributed by atoms with Gasteiger partial charge in [-0.05, 0) is 43.2 Å². The molecule has 1 aromatic carbocycles. The lowest BCUT2D eigenvalue weighted by molar-refractivity contribution is -0.121. The summed E-state index contributed by atoms with van der Waals surface area (Å²) in [6, 6.07) is 10.5. The van der Waals surface area contributed by atoms with Crippen molar-refractivity contribution in [2.24, 2.45) is 5.10 Å². The van der Waals surface area contributed by atoms with Gasteiger partial charge < -0.3 is 9.73 Å². The fourth-order valence-corrected chi connectivity index (χ4v) is 2.22. The van der Waals surface area contributed by atoms with Gasteiger partial charge in [-0.15, -0.1) is 0 Å². The molecule has 2 rings (SSSR count). The molecular weight excluding hydrogens is 318 g/mol. The highest BCUT2D eigenvalue weighted by molar-refractivity contribution is 6.04. The summed E-state index contributed by atoms with van der Waals surface area (Å²) in [7, 11) is 0. The molecule has 0 atom stereocenters. The van der Waals surface area contributed by atoms with Crippen LogP contribution < -0.4 is 10.7 Å². The van der Waals surface area contributed by atoms with Crippen molar-refractivity contribution in [1.82, 2.24) is 5.43 Å². The van der Waals surface area contributed by atoms with E-state index in [2.05, 4.69) is 22.8 Å². The van der Waals surface area contributed by atoms with Crippen molar-refractivity contribution in [2.45, 2.75) is 39.5 Å². The Hall–Kier alpha value is -2.89. The summed E-state index contributed by atoms with van der Waals surface area (Å²) in [5.74, 6) is -0.161. The maximum atomic E-state index is 12.0. The van der Waals surface area contributed by atoms with Crippen LogP contribution in [-0.2, 0) is 4.79 Å². The number of unbranched alkanes of at least 4 members (excludes halogenated alkanes) is 2. The fraction of sp³-hybridized carbons (Fsp3) is 0.316. The molecule has 0 aliphatic rings. The maximum absolute atomic E-state index is 12.0. The first kappa shape index (κ1) is 18.4. The third-order valence-electron chi connectivity index (χ3n) is 3.64. The molecule has 0 fully saturated rings. The van der Waals surface area contributed by atoms with E-state index in [9.17, 15) is 9.59 Å². The number of nitrogens with one attached hydrogen (secondary N) is 2. The molecule has 1 heterocycles. The summed E-state index contributed by atoms with van der Waals surface area (Å²) in [5.41, 5.74) is 4.67. The molecule has 0 saturated carbocycles. The highest BCUT2D eigenvalue weighted by Gasteiger charge is 2.09. The van der Waals surface area contributed by atoms with Crippen LogP contribution in [0.25, 0.3) is 0 Å². The van der Waals surface area contributed by atoms with Gasteiger partial charge in [-0.3, -0.25) is 9.59 Å². The summed E-state index contributed by atoms with van der Waals surface area (Å²) in [4.78, 5) is 23.7. The number of hydrazone groups is 1. The average molecular weight is 341 g/mol. The Morgan fingerprint density at radius 1 is 1.16 bits per heavy atom. The minimum atomic E-state index is -0.319. The van der Waals surface area contributed by atoms with Gasteiger partial charge in [0.25, 0.3) is 5.91 Å². The van der Waals surface area contributed by atoms with Gasteiger partial charge in [-0.2, -0.15) is 5.10 Å². The molecule has 25 heavy (non-hydrogen) atoms. The smallest absolute Gasteiger partial charge is 0.291 e. The van der Waals surface area contributed by atoms with Crippen LogP contribution in [-0.4, -0.2) is 17.5 Å². The summed E-state index contributed by atoms with van der Waals surface area (Å²) in [5, 5.41) is 6.89. The number of nitrogens with zero attached hydrogens (tertiary/aromatic N) is 1. The fourth-order valence-electron chi connectivity index (χ4n) is 2.22. The molecule has 0 radical (unpaired) electrons. The highest BCUT2D eigenvalue weighted by Crippen LogP contribution is 2.13. The molecule has 0 bridgehead atoms. The standard InChI is InChI=1S/C19H23N3O3/c1-3-4-5-11-18(23)22-21-14(2)15-8-6-9-16(13-15)20-19(24)17-10-7-12-25-17/h6-10,12-13H,3-5,11H2,1-2H3,(H,20,24)(H,22,23)/b21-14+. The van der Waals surface area contributed by atoms with Crippen LogP contribution in [0.4, 0.5) is 5.69 Å². The molecule has 6 nitrogen and oxygen atoms in total. The summed E-state index contributed by atoms with van der Waals surface area (Å²) in [6.07, 6.45) is 4.90. The average Bonchev–Trinajstić information content (AvgIpc) is 3.15. The lowest BCUT2D eigenvalue weighted by Crippen LogP contribution is -2.19. The van der Waals surface area contributed by atoms with Crippen LogP contribution in [0.1, 0.15) is 55.6 Å². The van der Waals surface area contributed by atoms with Gasteiger partial charge in [-0.25, -0.2) is 5.43 Å². The van der Waals surface area contributed by atoms with E-state index in [-0.39, 0.29) is 17.6 Å². The minimum Gasteiger partial charge on any atom is -0.459 e. The molecule has 1 aromatic heterocycles.